The summed E-state index contributed by atoms with van der Waals surface area (Å²) in [7, 11) is -9.95. The lowest BCUT2D eigenvalue weighted by atomic mass is 10.1. The van der Waals surface area contributed by atoms with Crippen LogP contribution in [0.1, 0.15) is 310 Å². The van der Waals surface area contributed by atoms with E-state index in [-0.39, 0.29) is 25.7 Å². The number of aliphatic hydroxyl groups excluding tert-OH is 1. The van der Waals surface area contributed by atoms with Gasteiger partial charge in [0.05, 0.1) is 26.4 Å². The molecule has 5 unspecified atom stereocenters. The van der Waals surface area contributed by atoms with Gasteiger partial charge in [-0.2, -0.15) is 0 Å². The lowest BCUT2D eigenvalue weighted by Gasteiger charge is -2.21. The molecule has 19 heteroatoms. The van der Waals surface area contributed by atoms with Crippen molar-refractivity contribution in [3.8, 4) is 0 Å². The van der Waals surface area contributed by atoms with E-state index in [0.717, 1.165) is 161 Å². The Labute approximate surface area is 582 Å². The molecule has 0 amide bonds. The number of unbranched alkanes of at least 4 members (excludes halogenated alkanes) is 28. The first-order chi connectivity index (χ1) is 46.7. The minimum absolute atomic E-state index is 0.0816. The number of hydrogen-bond donors (Lipinski definition) is 3. The molecule has 0 aliphatic heterocycles. The topological polar surface area (TPSA) is 237 Å². The molecule has 0 aliphatic carbocycles. The molecule has 0 fully saturated rings. The zero-order valence-electron chi connectivity index (χ0n) is 60.3. The summed E-state index contributed by atoms with van der Waals surface area (Å²) in [4.78, 5) is 72.7. The van der Waals surface area contributed by atoms with E-state index in [1.807, 2.05) is 0 Å². The molecule has 0 aromatic rings. The average molecular weight is 1390 g/mol. The van der Waals surface area contributed by atoms with Gasteiger partial charge in [-0.15, -0.1) is 0 Å². The van der Waals surface area contributed by atoms with E-state index in [0.29, 0.717) is 25.7 Å². The normalized spacial score (nSPS) is 14.5. The Kier molecular flexibility index (Phi) is 66.6. The van der Waals surface area contributed by atoms with Crippen LogP contribution in [0.15, 0.2) is 97.2 Å². The molecule has 0 radical (unpaired) electrons. The van der Waals surface area contributed by atoms with Crippen LogP contribution in [-0.4, -0.2) is 96.7 Å². The summed E-state index contributed by atoms with van der Waals surface area (Å²) in [5.41, 5.74) is 0. The third-order valence-electron chi connectivity index (χ3n) is 15.5. The van der Waals surface area contributed by atoms with Gasteiger partial charge in [-0.25, -0.2) is 9.13 Å². The maximum Gasteiger partial charge on any atom is 0.472 e. The third-order valence-corrected chi connectivity index (χ3v) is 17.4. The summed E-state index contributed by atoms with van der Waals surface area (Å²) in [5.74, 6) is -2.23. The average Bonchev–Trinajstić information content (AvgIpc) is 1.15. The molecule has 0 aliphatic rings. The van der Waals surface area contributed by atoms with Crippen LogP contribution >= 0.6 is 15.6 Å². The van der Waals surface area contributed by atoms with Gasteiger partial charge in [-0.3, -0.25) is 37.3 Å². The molecule has 0 aromatic heterocycles. The summed E-state index contributed by atoms with van der Waals surface area (Å²) in [5, 5.41) is 10.6. The van der Waals surface area contributed by atoms with Crippen LogP contribution in [0.2, 0.25) is 0 Å². The first kappa shape index (κ1) is 92.0. The molecule has 0 aromatic carbocycles. The van der Waals surface area contributed by atoms with Crippen LogP contribution in [0.4, 0.5) is 0 Å². The van der Waals surface area contributed by atoms with Crippen molar-refractivity contribution in [2.75, 3.05) is 39.6 Å². The lowest BCUT2D eigenvalue weighted by molar-refractivity contribution is -0.161. The number of ether oxygens (including phenoxy) is 4. The van der Waals surface area contributed by atoms with Crippen LogP contribution in [0, 0.1) is 0 Å². The van der Waals surface area contributed by atoms with Gasteiger partial charge >= 0.3 is 39.5 Å². The number of hydrogen-bond acceptors (Lipinski definition) is 15. The second-order valence-electron chi connectivity index (χ2n) is 24.9. The number of carbonyl (C=O) groups excluding carboxylic acids is 4. The molecule has 554 valence electrons. The molecular formula is C77H134O17P2. The van der Waals surface area contributed by atoms with E-state index in [2.05, 4.69) is 125 Å². The van der Waals surface area contributed by atoms with Crippen molar-refractivity contribution in [1.82, 2.24) is 0 Å². The number of carbonyl (C=O) groups is 4. The van der Waals surface area contributed by atoms with E-state index in [4.69, 9.17) is 37.0 Å². The van der Waals surface area contributed by atoms with Crippen molar-refractivity contribution >= 4 is 39.5 Å². The summed E-state index contributed by atoms with van der Waals surface area (Å²) >= 11 is 0. The Morgan fingerprint density at radius 2 is 0.552 bits per heavy atom. The fourth-order valence-electron chi connectivity index (χ4n) is 9.79. The summed E-state index contributed by atoms with van der Waals surface area (Å²) in [6.45, 7) is 4.63. The summed E-state index contributed by atoms with van der Waals surface area (Å²) in [6, 6.07) is 0. The smallest absolute Gasteiger partial charge is 0.462 e. The van der Waals surface area contributed by atoms with Gasteiger partial charge in [0.25, 0.3) is 0 Å². The molecule has 0 rings (SSSR count). The van der Waals surface area contributed by atoms with Crippen LogP contribution in [0.3, 0.4) is 0 Å². The van der Waals surface area contributed by atoms with Crippen LogP contribution < -0.4 is 0 Å². The number of esters is 4. The number of rotatable bonds is 70. The second kappa shape index (κ2) is 69.5. The quantitative estimate of drug-likeness (QED) is 0.0169. The van der Waals surface area contributed by atoms with Gasteiger partial charge in [0.15, 0.2) is 12.2 Å². The summed E-state index contributed by atoms with van der Waals surface area (Å²) in [6.07, 6.45) is 71.2. The van der Waals surface area contributed by atoms with Crippen LogP contribution in [0.5, 0.6) is 0 Å². The number of phosphoric acid groups is 2. The van der Waals surface area contributed by atoms with Crippen molar-refractivity contribution in [3.05, 3.63) is 97.2 Å². The SMILES string of the molecule is CC/C=C\C/C=C\C/C=C\C/C=C\C/C=C\CCCCCC(=O)OCC(COP(=O)(O)OCC(O)COP(=O)(O)OCC(COC(=O)CCCCCCC/C=C\C/C=C\CCCCC)OC(=O)CCCCCCC/C=C\CCCC)OC(=O)CCCCCCCCCCCCC. The first-order valence-electron chi connectivity index (χ1n) is 37.5. The molecule has 96 heavy (non-hydrogen) atoms. The number of phosphoric ester groups is 2. The Morgan fingerprint density at radius 1 is 0.302 bits per heavy atom. The van der Waals surface area contributed by atoms with Gasteiger partial charge in [0.2, 0.25) is 0 Å². The zero-order valence-corrected chi connectivity index (χ0v) is 62.1. The molecule has 0 spiro atoms. The highest BCUT2D eigenvalue weighted by Crippen LogP contribution is 2.45. The molecule has 0 bridgehead atoms. The van der Waals surface area contributed by atoms with Gasteiger partial charge < -0.3 is 33.8 Å². The molecular weight excluding hydrogens is 1260 g/mol. The molecule has 5 atom stereocenters. The zero-order chi connectivity index (χ0) is 70.4. The minimum Gasteiger partial charge on any atom is -0.462 e. The van der Waals surface area contributed by atoms with E-state index < -0.39 is 97.5 Å². The maximum atomic E-state index is 13.0. The Bertz CT molecular complexity index is 2200. The maximum absolute atomic E-state index is 13.0. The number of allylic oxidation sites excluding steroid dienone is 16. The highest BCUT2D eigenvalue weighted by atomic mass is 31.2. The lowest BCUT2D eigenvalue weighted by Crippen LogP contribution is -2.30. The third kappa shape index (κ3) is 68.5. The fraction of sp³-hybridized carbons (Fsp3) is 0.740. The second-order valence-corrected chi connectivity index (χ2v) is 27.8. The van der Waals surface area contributed by atoms with Crippen molar-refractivity contribution in [1.29, 1.82) is 0 Å². The predicted molar refractivity (Wildman–Crippen MR) is 390 cm³/mol. The van der Waals surface area contributed by atoms with Gasteiger partial charge in [-0.05, 0) is 122 Å². The van der Waals surface area contributed by atoms with Crippen molar-refractivity contribution in [2.24, 2.45) is 0 Å². The van der Waals surface area contributed by atoms with E-state index in [9.17, 15) is 43.2 Å². The molecule has 0 heterocycles. The predicted octanol–water partition coefficient (Wildman–Crippen LogP) is 21.2. The monoisotopic (exact) mass is 1390 g/mol. The highest BCUT2D eigenvalue weighted by molar-refractivity contribution is 7.47. The van der Waals surface area contributed by atoms with Crippen LogP contribution in [0.25, 0.3) is 0 Å². The van der Waals surface area contributed by atoms with Crippen molar-refractivity contribution in [2.45, 2.75) is 329 Å². The first-order valence-corrected chi connectivity index (χ1v) is 40.5. The van der Waals surface area contributed by atoms with E-state index >= 15 is 0 Å². The van der Waals surface area contributed by atoms with Gasteiger partial charge in [0, 0.05) is 25.7 Å². The fourth-order valence-corrected chi connectivity index (χ4v) is 11.4. The standard InChI is InChI=1S/C77H134O17P2/c1-5-9-13-17-21-25-29-31-33-34-35-36-38-40-44-46-50-54-58-62-75(80)88-68-73(94-77(82)64-60-56-52-48-42-28-24-20-16-12-8-4)70-92-96(85,86)90-66-71(78)65-89-95(83,84)91-69-72(93-76(81)63-59-55-51-47-41-27-23-19-15-11-7-3)67-87-74(79)61-57-53-49-45-43-39-37-32-30-26-22-18-14-10-6-2/h9,13,19,21-23,25-26,31-33,35-37,40,44,71-73,78H,5-8,10-12,14-18,20,24,27-30,34,38-39,41-43,45-70H2,1-4H3,(H,83,84)(H,85,86)/b13-9-,23-19-,25-21-,26-22-,33-31-,36-35-,37-32-,44-40-. The van der Waals surface area contributed by atoms with Crippen molar-refractivity contribution < 1.29 is 80.2 Å². The molecule has 0 saturated heterocycles. The Balaban J connectivity index is 5.32. The highest BCUT2D eigenvalue weighted by Gasteiger charge is 2.30. The minimum atomic E-state index is -4.98. The van der Waals surface area contributed by atoms with E-state index in [1.54, 1.807) is 0 Å². The largest absolute Gasteiger partial charge is 0.472 e. The molecule has 0 saturated carbocycles. The van der Waals surface area contributed by atoms with Crippen LogP contribution in [-0.2, 0) is 65.4 Å². The van der Waals surface area contributed by atoms with E-state index in [1.165, 1.54) is 70.6 Å². The molecule has 3 N–H and O–H groups in total. The Morgan fingerprint density at radius 3 is 0.906 bits per heavy atom. The summed E-state index contributed by atoms with van der Waals surface area (Å²) < 4.78 is 68.3. The molecule has 17 nitrogen and oxygen atoms in total. The Hall–Kier alpha value is -4.02. The van der Waals surface area contributed by atoms with Crippen molar-refractivity contribution in [3.63, 3.8) is 0 Å². The number of aliphatic hydroxyl groups is 1. The van der Waals surface area contributed by atoms with Gasteiger partial charge in [-0.1, -0.05) is 260 Å². The van der Waals surface area contributed by atoms with Gasteiger partial charge in [0.1, 0.15) is 19.3 Å².